The van der Waals surface area contributed by atoms with Crippen LogP contribution in [0.25, 0.3) is 89.5 Å². The van der Waals surface area contributed by atoms with Crippen LogP contribution in [-0.2, 0) is 0 Å². The first-order valence-corrected chi connectivity index (χ1v) is 15.1. The zero-order chi connectivity index (χ0) is 45.6. The Morgan fingerprint density at radius 2 is 1.04 bits per heavy atom. The van der Waals surface area contributed by atoms with Crippen molar-refractivity contribution in [1.82, 2.24) is 15.0 Å². The van der Waals surface area contributed by atoms with E-state index in [4.69, 9.17) is 29.5 Å². The second-order valence-electron chi connectivity index (χ2n) is 10.9. The fraction of sp³-hybridized carbons (Fsp3) is 0. The van der Waals surface area contributed by atoms with Gasteiger partial charge in [0.2, 0.25) is 0 Å². The normalized spacial score (nSPS) is 15.6. The summed E-state index contributed by atoms with van der Waals surface area (Å²) >= 11 is 0. The minimum absolute atomic E-state index is 0.163. The van der Waals surface area contributed by atoms with Crippen LogP contribution in [0.3, 0.4) is 0 Å². The Morgan fingerprint density at radius 1 is 0.408 bits per heavy atom. The molecule has 2 aromatic heterocycles. The molecule has 49 heavy (non-hydrogen) atoms. The summed E-state index contributed by atoms with van der Waals surface area (Å²) in [5.74, 6) is 0.220. The Bertz CT molecular complexity index is 3420. The summed E-state index contributed by atoms with van der Waals surface area (Å²) in [5, 5.41) is -0.582. The van der Waals surface area contributed by atoms with Crippen LogP contribution in [0, 0.1) is 0 Å². The van der Waals surface area contributed by atoms with Crippen LogP contribution in [0.4, 0.5) is 0 Å². The summed E-state index contributed by atoms with van der Waals surface area (Å²) in [6.45, 7) is 0. The van der Waals surface area contributed by atoms with Gasteiger partial charge in [0.1, 0.15) is 11.2 Å². The van der Waals surface area contributed by atoms with Gasteiger partial charge >= 0.3 is 0 Å². The van der Waals surface area contributed by atoms with Gasteiger partial charge in [-0.1, -0.05) is 151 Å². The van der Waals surface area contributed by atoms with E-state index < -0.39 is 118 Å². The van der Waals surface area contributed by atoms with Crippen molar-refractivity contribution in [2.24, 2.45) is 0 Å². The first-order valence-electron chi connectivity index (χ1n) is 22.6. The average Bonchev–Trinajstić information content (AvgIpc) is 3.72. The van der Waals surface area contributed by atoms with E-state index >= 15 is 0 Å². The predicted octanol–water partition coefficient (Wildman–Crippen LogP) is 11.8. The molecular formula is C45H29N3O. The molecular weight excluding hydrogens is 599 g/mol. The van der Waals surface area contributed by atoms with E-state index in [-0.39, 0.29) is 39.4 Å². The maximum Gasteiger partial charge on any atom is 0.164 e. The number of para-hydroxylation sites is 1. The lowest BCUT2D eigenvalue weighted by atomic mass is 9.97. The van der Waals surface area contributed by atoms with Crippen LogP contribution < -0.4 is 0 Å². The minimum atomic E-state index is -0.842. The van der Waals surface area contributed by atoms with E-state index in [0.717, 1.165) is 11.1 Å². The molecule has 7 aromatic carbocycles. The van der Waals surface area contributed by atoms with Gasteiger partial charge in [-0.05, 0) is 52.0 Å². The van der Waals surface area contributed by atoms with Crippen LogP contribution in [0.15, 0.2) is 180 Å². The Hall–Kier alpha value is -6.65. The summed E-state index contributed by atoms with van der Waals surface area (Å²) < 4.78 is 139. The summed E-state index contributed by atoms with van der Waals surface area (Å²) in [7, 11) is 0. The van der Waals surface area contributed by atoms with Gasteiger partial charge in [-0.25, -0.2) is 15.0 Å². The molecule has 0 spiro atoms. The van der Waals surface area contributed by atoms with Crippen molar-refractivity contribution >= 4 is 21.9 Å². The van der Waals surface area contributed by atoms with Crippen LogP contribution >= 0.6 is 0 Å². The number of benzene rings is 7. The first kappa shape index (κ1) is 17.0. The van der Waals surface area contributed by atoms with Crippen molar-refractivity contribution in [3.63, 3.8) is 0 Å². The number of nitrogens with zero attached hydrogens (tertiary/aromatic N) is 3. The van der Waals surface area contributed by atoms with E-state index in [2.05, 4.69) is 4.98 Å². The lowest BCUT2D eigenvalue weighted by Gasteiger charge is -2.09. The predicted molar refractivity (Wildman–Crippen MR) is 200 cm³/mol. The molecule has 0 saturated carbocycles. The molecule has 0 fully saturated rings. The zero-order valence-corrected chi connectivity index (χ0v) is 25.3. The van der Waals surface area contributed by atoms with Crippen LogP contribution in [0.2, 0.25) is 0 Å². The van der Waals surface area contributed by atoms with Crippen molar-refractivity contribution < 1.29 is 25.0 Å². The number of hydrogen-bond donors (Lipinski definition) is 0. The highest BCUT2D eigenvalue weighted by Crippen LogP contribution is 2.38. The van der Waals surface area contributed by atoms with Crippen molar-refractivity contribution in [3.05, 3.63) is 176 Å². The lowest BCUT2D eigenvalue weighted by molar-refractivity contribution is 0.670. The third kappa shape index (κ3) is 5.45. The van der Waals surface area contributed by atoms with Crippen molar-refractivity contribution in [2.75, 3.05) is 0 Å². The number of aromatic nitrogens is 3. The zero-order valence-electron chi connectivity index (χ0n) is 40.3. The fourth-order valence-corrected chi connectivity index (χ4v) is 5.47. The fourth-order valence-electron chi connectivity index (χ4n) is 5.47. The molecule has 4 nitrogen and oxygen atoms in total. The van der Waals surface area contributed by atoms with E-state index in [0.29, 0.717) is 11.1 Å². The number of furan rings is 1. The molecule has 0 N–H and O–H groups in total. The van der Waals surface area contributed by atoms with Gasteiger partial charge in [-0.3, -0.25) is 0 Å². The van der Waals surface area contributed by atoms with Crippen molar-refractivity contribution in [2.45, 2.75) is 0 Å². The smallest absolute Gasteiger partial charge is 0.164 e. The Balaban J connectivity index is 1.34. The van der Waals surface area contributed by atoms with E-state index in [1.165, 1.54) is 0 Å². The molecule has 0 unspecified atom stereocenters. The maximum atomic E-state index is 9.52. The number of fused-ring (bicyclic) bond motifs is 3. The van der Waals surface area contributed by atoms with E-state index in [1.54, 1.807) is 30.3 Å². The van der Waals surface area contributed by atoms with Crippen LogP contribution in [-0.4, -0.2) is 15.0 Å². The van der Waals surface area contributed by atoms with E-state index in [9.17, 15) is 5.48 Å². The highest BCUT2D eigenvalue weighted by Gasteiger charge is 2.17. The Morgan fingerprint density at radius 3 is 1.84 bits per heavy atom. The number of hydrogen-bond acceptors (Lipinski definition) is 4. The second kappa shape index (κ2) is 12.2. The SMILES string of the molecule is [2H]c1c([2H])c([2H])c(-c2c([2H])c([2H])c([2H])c(-c3c([2H])c([2H])c([2H])c4c3oc3c([2H])c(-c5nc(-c6ccccc6)nc(-c6cccc(-c7ccccc7)c6)n5)c([2H])c([2H])c34)c2[2H])c([2H])c1[2H]. The maximum absolute atomic E-state index is 9.52. The molecule has 0 aliphatic carbocycles. The lowest BCUT2D eigenvalue weighted by Crippen LogP contribution is -2.00. The van der Waals surface area contributed by atoms with Crippen molar-refractivity contribution in [1.29, 1.82) is 0 Å². The standard InChI is InChI=1S/C45H29N3O/c1-4-13-30(14-5-1)33-19-10-21-35(27-33)38-23-12-24-40-39-26-25-37(29-41(39)49-42(38)40)45-47-43(32-17-8-3-9-18-32)46-44(48-45)36-22-11-20-34(28-36)31-15-6-2-7-16-31/h1-29H/i1D,4D,5D,10D,12D,13D,14D,19D,21D,23D,24D,25D,26D,27D,29D. The van der Waals surface area contributed by atoms with Gasteiger partial charge in [-0.2, -0.15) is 0 Å². The third-order valence-corrected chi connectivity index (χ3v) is 7.81. The van der Waals surface area contributed by atoms with Gasteiger partial charge in [-0.15, -0.1) is 0 Å². The first-order chi connectivity index (χ1) is 30.5. The minimum Gasteiger partial charge on any atom is -0.455 e. The Labute approximate surface area is 305 Å². The molecule has 0 bridgehead atoms. The summed E-state index contributed by atoms with van der Waals surface area (Å²) in [6, 6.07) is 15.1. The van der Waals surface area contributed by atoms with Crippen molar-refractivity contribution in [3.8, 4) is 67.5 Å². The van der Waals surface area contributed by atoms with Crippen LogP contribution in [0.5, 0.6) is 0 Å². The highest BCUT2D eigenvalue weighted by molar-refractivity contribution is 6.10. The quantitative estimate of drug-likeness (QED) is 0.181. The average molecular weight is 643 g/mol. The van der Waals surface area contributed by atoms with Gasteiger partial charge < -0.3 is 4.42 Å². The van der Waals surface area contributed by atoms with Gasteiger partial charge in [0.05, 0.1) is 20.6 Å². The molecule has 0 aliphatic rings. The molecule has 0 amide bonds. The van der Waals surface area contributed by atoms with E-state index in [1.807, 2.05) is 54.6 Å². The molecule has 0 radical (unpaired) electrons. The second-order valence-corrected chi connectivity index (χ2v) is 10.9. The topological polar surface area (TPSA) is 51.8 Å². The third-order valence-electron chi connectivity index (χ3n) is 7.81. The largest absolute Gasteiger partial charge is 0.455 e. The molecule has 0 saturated heterocycles. The molecule has 2 heterocycles. The van der Waals surface area contributed by atoms with Gasteiger partial charge in [0.25, 0.3) is 0 Å². The molecule has 4 heteroatoms. The van der Waals surface area contributed by atoms with Gasteiger partial charge in [0, 0.05) is 33.0 Å². The summed E-state index contributed by atoms with van der Waals surface area (Å²) in [4.78, 5) is 14.2. The summed E-state index contributed by atoms with van der Waals surface area (Å²) in [6.07, 6.45) is 0. The highest BCUT2D eigenvalue weighted by atomic mass is 16.3. The van der Waals surface area contributed by atoms with Gasteiger partial charge in [0.15, 0.2) is 17.5 Å². The Kier molecular flexibility index (Phi) is 4.21. The number of rotatable bonds is 6. The molecule has 230 valence electrons. The summed E-state index contributed by atoms with van der Waals surface area (Å²) in [5.41, 5.74) is -0.441. The molecule has 9 aromatic rings. The molecule has 0 aliphatic heterocycles. The molecule has 9 rings (SSSR count). The van der Waals surface area contributed by atoms with Crippen LogP contribution in [0.1, 0.15) is 20.6 Å². The molecule has 0 atom stereocenters. The monoisotopic (exact) mass is 642 g/mol.